The lowest BCUT2D eigenvalue weighted by atomic mass is 10.3. The minimum atomic E-state index is -0.640. The van der Waals surface area contributed by atoms with Crippen LogP contribution in [0, 0.1) is 0 Å². The Bertz CT molecular complexity index is 381. The van der Waals surface area contributed by atoms with E-state index >= 15 is 0 Å². The van der Waals surface area contributed by atoms with E-state index < -0.39 is 5.91 Å². The Hall–Kier alpha value is -1.85. The maximum absolute atomic E-state index is 11.5. The molecule has 1 aromatic rings. The summed E-state index contributed by atoms with van der Waals surface area (Å²) in [5.74, 6) is -0.856. The van der Waals surface area contributed by atoms with Crippen LogP contribution in [0.15, 0.2) is 6.07 Å². The average molecular weight is 196 g/mol. The van der Waals surface area contributed by atoms with Crippen LogP contribution in [-0.2, 0) is 7.05 Å². The zero-order valence-electron chi connectivity index (χ0n) is 8.31. The molecule has 0 atom stereocenters. The van der Waals surface area contributed by atoms with E-state index in [4.69, 9.17) is 5.73 Å². The van der Waals surface area contributed by atoms with Gasteiger partial charge in [-0.3, -0.25) is 14.3 Å². The van der Waals surface area contributed by atoms with E-state index in [2.05, 4.69) is 5.10 Å². The van der Waals surface area contributed by atoms with E-state index in [0.717, 1.165) is 0 Å². The molecule has 0 radical (unpaired) electrons. The summed E-state index contributed by atoms with van der Waals surface area (Å²) in [6.07, 6.45) is 0. The number of carbonyl (C=O) groups is 2. The van der Waals surface area contributed by atoms with Crippen molar-refractivity contribution in [1.29, 1.82) is 0 Å². The van der Waals surface area contributed by atoms with Crippen LogP contribution in [0.3, 0.4) is 0 Å². The standard InChI is InChI=1S/C8H12N4O2/c1-11(2)8(14)6-4-5(7(9)13)10-12(6)3/h4H,1-3H3,(H2,9,13). The van der Waals surface area contributed by atoms with Crippen molar-refractivity contribution >= 4 is 11.8 Å². The Labute approximate surface area is 81.3 Å². The van der Waals surface area contributed by atoms with E-state index in [-0.39, 0.29) is 11.6 Å². The van der Waals surface area contributed by atoms with Gasteiger partial charge in [0.05, 0.1) is 0 Å². The number of rotatable bonds is 2. The number of hydrogen-bond donors (Lipinski definition) is 1. The minimum Gasteiger partial charge on any atom is -0.364 e. The van der Waals surface area contributed by atoms with Crippen LogP contribution in [0.1, 0.15) is 21.0 Å². The summed E-state index contributed by atoms with van der Waals surface area (Å²) >= 11 is 0. The molecule has 76 valence electrons. The van der Waals surface area contributed by atoms with Gasteiger partial charge in [0.25, 0.3) is 11.8 Å². The fourth-order valence-electron chi connectivity index (χ4n) is 1.02. The highest BCUT2D eigenvalue weighted by Crippen LogP contribution is 2.04. The molecule has 1 rings (SSSR count). The molecule has 0 aliphatic rings. The van der Waals surface area contributed by atoms with Crippen LogP contribution >= 0.6 is 0 Å². The maximum atomic E-state index is 11.5. The summed E-state index contributed by atoms with van der Waals surface area (Å²) in [6, 6.07) is 1.38. The molecule has 0 unspecified atom stereocenters. The first-order valence-electron chi connectivity index (χ1n) is 3.99. The van der Waals surface area contributed by atoms with Crippen molar-refractivity contribution in [1.82, 2.24) is 14.7 Å². The second kappa shape index (κ2) is 3.49. The highest BCUT2D eigenvalue weighted by atomic mass is 16.2. The van der Waals surface area contributed by atoms with Gasteiger partial charge < -0.3 is 10.6 Å². The van der Waals surface area contributed by atoms with Crippen LogP contribution in [0.2, 0.25) is 0 Å². The lowest BCUT2D eigenvalue weighted by Crippen LogP contribution is -2.24. The highest BCUT2D eigenvalue weighted by molar-refractivity contribution is 5.97. The number of amides is 2. The number of nitrogens with two attached hydrogens (primary N) is 1. The summed E-state index contributed by atoms with van der Waals surface area (Å²) in [4.78, 5) is 23.7. The quantitative estimate of drug-likeness (QED) is 0.673. The molecule has 0 saturated heterocycles. The third kappa shape index (κ3) is 1.73. The number of nitrogens with zero attached hydrogens (tertiary/aromatic N) is 3. The van der Waals surface area contributed by atoms with Crippen LogP contribution in [0.4, 0.5) is 0 Å². The van der Waals surface area contributed by atoms with E-state index in [0.29, 0.717) is 5.69 Å². The zero-order chi connectivity index (χ0) is 10.9. The Morgan fingerprint density at radius 2 is 2.07 bits per heavy atom. The first kappa shape index (κ1) is 10.2. The van der Waals surface area contributed by atoms with Crippen LogP contribution in [0.25, 0.3) is 0 Å². The molecule has 0 aliphatic carbocycles. The molecule has 6 heteroatoms. The second-order valence-corrected chi connectivity index (χ2v) is 3.10. The van der Waals surface area contributed by atoms with Gasteiger partial charge in [-0.2, -0.15) is 5.10 Å². The molecule has 0 saturated carbocycles. The summed E-state index contributed by atoms with van der Waals surface area (Å²) in [6.45, 7) is 0. The number of carbonyl (C=O) groups excluding carboxylic acids is 2. The van der Waals surface area contributed by atoms with Crippen LogP contribution in [-0.4, -0.2) is 40.6 Å². The smallest absolute Gasteiger partial charge is 0.271 e. The van der Waals surface area contributed by atoms with Crippen molar-refractivity contribution in [2.24, 2.45) is 12.8 Å². The topological polar surface area (TPSA) is 81.2 Å². The second-order valence-electron chi connectivity index (χ2n) is 3.10. The van der Waals surface area contributed by atoms with Crippen molar-refractivity contribution in [2.75, 3.05) is 14.1 Å². The van der Waals surface area contributed by atoms with E-state index in [1.165, 1.54) is 15.6 Å². The Morgan fingerprint density at radius 1 is 1.50 bits per heavy atom. The van der Waals surface area contributed by atoms with Gasteiger partial charge in [0.15, 0.2) is 5.69 Å². The minimum absolute atomic E-state index is 0.0951. The number of aryl methyl sites for hydroxylation is 1. The summed E-state index contributed by atoms with van der Waals surface area (Å²) in [5.41, 5.74) is 5.46. The van der Waals surface area contributed by atoms with E-state index in [1.807, 2.05) is 0 Å². The number of hydrogen-bond acceptors (Lipinski definition) is 3. The lowest BCUT2D eigenvalue weighted by molar-refractivity contribution is 0.0816. The van der Waals surface area contributed by atoms with E-state index in [1.54, 1.807) is 21.1 Å². The summed E-state index contributed by atoms with van der Waals surface area (Å²) < 4.78 is 1.34. The van der Waals surface area contributed by atoms with Gasteiger partial charge >= 0.3 is 0 Å². The van der Waals surface area contributed by atoms with Crippen molar-refractivity contribution in [3.8, 4) is 0 Å². The first-order valence-corrected chi connectivity index (χ1v) is 3.99. The molecule has 0 aromatic carbocycles. The van der Waals surface area contributed by atoms with Crippen molar-refractivity contribution in [2.45, 2.75) is 0 Å². The Balaban J connectivity index is 3.11. The van der Waals surface area contributed by atoms with Crippen molar-refractivity contribution < 1.29 is 9.59 Å². The third-order valence-corrected chi connectivity index (χ3v) is 1.76. The zero-order valence-corrected chi connectivity index (χ0v) is 8.31. The van der Waals surface area contributed by atoms with Crippen molar-refractivity contribution in [3.05, 3.63) is 17.5 Å². The SMILES string of the molecule is CN(C)C(=O)c1cc(C(N)=O)nn1C. The summed E-state index contributed by atoms with van der Waals surface area (Å²) in [5, 5.41) is 3.81. The number of primary amides is 1. The van der Waals surface area contributed by atoms with Gasteiger partial charge in [0, 0.05) is 27.2 Å². The third-order valence-electron chi connectivity index (χ3n) is 1.76. The van der Waals surface area contributed by atoms with Gasteiger partial charge in [-0.05, 0) is 0 Å². The largest absolute Gasteiger partial charge is 0.364 e. The first-order chi connectivity index (χ1) is 6.43. The normalized spacial score (nSPS) is 9.93. The van der Waals surface area contributed by atoms with Gasteiger partial charge in [0.2, 0.25) is 0 Å². The van der Waals surface area contributed by atoms with Crippen molar-refractivity contribution in [3.63, 3.8) is 0 Å². The molecule has 2 amide bonds. The molecule has 0 bridgehead atoms. The molecule has 2 N–H and O–H groups in total. The van der Waals surface area contributed by atoms with Gasteiger partial charge in [-0.15, -0.1) is 0 Å². The molecule has 1 heterocycles. The Kier molecular flexibility index (Phi) is 2.55. The predicted octanol–water partition coefficient (Wildman–Crippen LogP) is -0.779. The molecule has 0 spiro atoms. The molecular weight excluding hydrogens is 184 g/mol. The number of aromatic nitrogens is 2. The molecule has 1 aromatic heterocycles. The van der Waals surface area contributed by atoms with Gasteiger partial charge in [0.1, 0.15) is 5.69 Å². The fraction of sp³-hybridized carbons (Fsp3) is 0.375. The Morgan fingerprint density at radius 3 is 2.43 bits per heavy atom. The van der Waals surface area contributed by atoms with Gasteiger partial charge in [-0.1, -0.05) is 0 Å². The van der Waals surface area contributed by atoms with Crippen LogP contribution < -0.4 is 5.73 Å². The lowest BCUT2D eigenvalue weighted by Gasteiger charge is -2.09. The van der Waals surface area contributed by atoms with E-state index in [9.17, 15) is 9.59 Å². The monoisotopic (exact) mass is 196 g/mol. The fourth-order valence-corrected chi connectivity index (χ4v) is 1.02. The average Bonchev–Trinajstić information content (AvgIpc) is 2.46. The summed E-state index contributed by atoms with van der Waals surface area (Å²) in [7, 11) is 4.84. The predicted molar refractivity (Wildman–Crippen MR) is 49.7 cm³/mol. The molecular formula is C8H12N4O2. The molecule has 14 heavy (non-hydrogen) atoms. The van der Waals surface area contributed by atoms with Crippen LogP contribution in [0.5, 0.6) is 0 Å². The molecule has 0 aliphatic heterocycles. The molecule has 6 nitrogen and oxygen atoms in total. The van der Waals surface area contributed by atoms with Gasteiger partial charge in [-0.25, -0.2) is 0 Å². The highest BCUT2D eigenvalue weighted by Gasteiger charge is 2.16. The maximum Gasteiger partial charge on any atom is 0.271 e. The molecule has 0 fully saturated rings.